The number of halogens is 1. The highest BCUT2D eigenvalue weighted by atomic mass is 35.5. The molecule has 2 N–H and O–H groups in total. The molecule has 0 amide bonds. The van der Waals surface area contributed by atoms with Gasteiger partial charge >= 0.3 is 0 Å². The number of hydrogen-bond donors (Lipinski definition) is 2. The minimum atomic E-state index is 0.469. The summed E-state index contributed by atoms with van der Waals surface area (Å²) in [5.41, 5.74) is 1.15. The molecule has 0 radical (unpaired) electrons. The van der Waals surface area contributed by atoms with Gasteiger partial charge in [0.2, 0.25) is 0 Å². The Morgan fingerprint density at radius 1 is 1.33 bits per heavy atom. The van der Waals surface area contributed by atoms with Gasteiger partial charge in [0.05, 0.1) is 23.1 Å². The number of rotatable bonds is 5. The molecule has 0 saturated heterocycles. The van der Waals surface area contributed by atoms with Crippen LogP contribution in [0.1, 0.15) is 35.3 Å². The van der Waals surface area contributed by atoms with E-state index in [0.29, 0.717) is 19.0 Å². The van der Waals surface area contributed by atoms with Gasteiger partial charge in [-0.25, -0.2) is 4.98 Å². The van der Waals surface area contributed by atoms with Crippen molar-refractivity contribution in [3.05, 3.63) is 37.4 Å². The van der Waals surface area contributed by atoms with Crippen LogP contribution in [-0.4, -0.2) is 18.0 Å². The second kappa shape index (κ2) is 7.77. The molecule has 0 unspecified atom stereocenters. The van der Waals surface area contributed by atoms with Gasteiger partial charge < -0.3 is 10.6 Å². The smallest absolute Gasteiger partial charge is 0.191 e. The van der Waals surface area contributed by atoms with Crippen molar-refractivity contribution in [3.63, 3.8) is 0 Å². The summed E-state index contributed by atoms with van der Waals surface area (Å²) in [5, 5.41) is 9.73. The van der Waals surface area contributed by atoms with Gasteiger partial charge in [-0.2, -0.15) is 0 Å². The molecule has 0 fully saturated rings. The third kappa shape index (κ3) is 4.98. The zero-order chi connectivity index (χ0) is 15.2. The molecule has 2 aromatic rings. The Labute approximate surface area is 138 Å². The molecule has 0 bridgehead atoms. The first-order chi connectivity index (χ1) is 10.1. The van der Waals surface area contributed by atoms with E-state index in [9.17, 15) is 0 Å². The van der Waals surface area contributed by atoms with E-state index in [-0.39, 0.29) is 0 Å². The number of aromatic nitrogens is 1. The monoisotopic (exact) mass is 342 g/mol. The molecule has 7 heteroatoms. The van der Waals surface area contributed by atoms with Gasteiger partial charge in [0, 0.05) is 17.3 Å². The number of guanidine groups is 1. The van der Waals surface area contributed by atoms with Crippen molar-refractivity contribution in [3.8, 4) is 0 Å². The first-order valence-corrected chi connectivity index (χ1v) is 8.79. The maximum Gasteiger partial charge on any atom is 0.191 e. The third-order valence-corrected chi connectivity index (χ3v) is 4.95. The second-order valence-electron chi connectivity index (χ2n) is 4.81. The number of thiophene rings is 1. The van der Waals surface area contributed by atoms with Crippen LogP contribution in [0.2, 0.25) is 4.34 Å². The van der Waals surface area contributed by atoms with Crippen molar-refractivity contribution < 1.29 is 0 Å². The minimum Gasteiger partial charge on any atom is -0.352 e. The van der Waals surface area contributed by atoms with Crippen molar-refractivity contribution in [2.24, 2.45) is 4.99 Å². The Bertz CT molecular complexity index is 604. The molecule has 0 spiro atoms. The molecule has 0 aliphatic carbocycles. The molecule has 0 aliphatic rings. The first kappa shape index (κ1) is 16.3. The Balaban J connectivity index is 1.82. The summed E-state index contributed by atoms with van der Waals surface area (Å²) in [4.78, 5) is 9.99. The zero-order valence-corrected chi connectivity index (χ0v) is 14.7. The average Bonchev–Trinajstić information content (AvgIpc) is 3.08. The quantitative estimate of drug-likeness (QED) is 0.641. The molecule has 4 nitrogen and oxygen atoms in total. The van der Waals surface area contributed by atoms with Crippen molar-refractivity contribution in [2.75, 3.05) is 7.05 Å². The van der Waals surface area contributed by atoms with Crippen molar-refractivity contribution >= 4 is 40.2 Å². The van der Waals surface area contributed by atoms with Gasteiger partial charge in [-0.3, -0.25) is 4.99 Å². The fourth-order valence-electron chi connectivity index (χ4n) is 1.67. The molecule has 0 aromatic carbocycles. The van der Waals surface area contributed by atoms with Crippen molar-refractivity contribution in [2.45, 2.75) is 32.9 Å². The Morgan fingerprint density at radius 2 is 2.10 bits per heavy atom. The maximum atomic E-state index is 5.92. The van der Waals surface area contributed by atoms with E-state index in [1.807, 2.05) is 12.1 Å². The normalized spacial score (nSPS) is 12.0. The summed E-state index contributed by atoms with van der Waals surface area (Å²) in [6, 6.07) is 3.92. The summed E-state index contributed by atoms with van der Waals surface area (Å²) < 4.78 is 0.804. The van der Waals surface area contributed by atoms with Gasteiger partial charge in [0.25, 0.3) is 0 Å². The molecular weight excluding hydrogens is 324 g/mol. The molecule has 2 aromatic heterocycles. The van der Waals surface area contributed by atoms with E-state index in [0.717, 1.165) is 21.0 Å². The van der Waals surface area contributed by atoms with Gasteiger partial charge in [-0.1, -0.05) is 25.4 Å². The fourth-order valence-corrected chi connectivity index (χ4v) is 3.59. The van der Waals surface area contributed by atoms with Crippen LogP contribution < -0.4 is 10.6 Å². The van der Waals surface area contributed by atoms with E-state index < -0.39 is 0 Å². The largest absolute Gasteiger partial charge is 0.352 e. The molecule has 114 valence electrons. The number of nitrogens with one attached hydrogen (secondary N) is 2. The van der Waals surface area contributed by atoms with Gasteiger partial charge in [-0.05, 0) is 18.1 Å². The predicted molar refractivity (Wildman–Crippen MR) is 92.6 cm³/mol. The summed E-state index contributed by atoms with van der Waals surface area (Å²) in [6.07, 6.45) is 0. The lowest BCUT2D eigenvalue weighted by atomic mass is 10.2. The number of thiazole rings is 1. The van der Waals surface area contributed by atoms with E-state index in [1.165, 1.54) is 4.88 Å². The molecule has 0 atom stereocenters. The summed E-state index contributed by atoms with van der Waals surface area (Å²) in [7, 11) is 1.76. The molecule has 0 saturated carbocycles. The van der Waals surface area contributed by atoms with E-state index in [4.69, 9.17) is 11.6 Å². The molecule has 2 heterocycles. The Hall–Kier alpha value is -1.11. The molecule has 0 aliphatic heterocycles. The Kier molecular flexibility index (Phi) is 6.02. The second-order valence-corrected chi connectivity index (χ2v) is 7.55. The van der Waals surface area contributed by atoms with Crippen LogP contribution in [0.5, 0.6) is 0 Å². The molecular formula is C14H19ClN4S2. The maximum absolute atomic E-state index is 5.92. The predicted octanol–water partition coefficient (Wildman–Crippen LogP) is 3.85. The van der Waals surface area contributed by atoms with Gasteiger partial charge in [-0.15, -0.1) is 22.7 Å². The average molecular weight is 343 g/mol. The highest BCUT2D eigenvalue weighted by Crippen LogP contribution is 2.21. The lowest BCUT2D eigenvalue weighted by molar-refractivity contribution is 0.788. The van der Waals surface area contributed by atoms with E-state index in [1.54, 1.807) is 29.7 Å². The lowest BCUT2D eigenvalue weighted by Gasteiger charge is -2.09. The SMILES string of the molecule is CN=C(NCc1ccc(Cl)s1)NCc1nc(C(C)C)cs1. The number of hydrogen-bond acceptors (Lipinski definition) is 4. The molecule has 2 rings (SSSR count). The van der Waals surface area contributed by atoms with Gasteiger partial charge in [0.1, 0.15) is 5.01 Å². The highest BCUT2D eigenvalue weighted by Gasteiger charge is 2.06. The summed E-state index contributed by atoms with van der Waals surface area (Å²) in [5.74, 6) is 1.23. The molecule has 21 heavy (non-hydrogen) atoms. The van der Waals surface area contributed by atoms with Crippen LogP contribution in [0.3, 0.4) is 0 Å². The number of nitrogens with zero attached hydrogens (tertiary/aromatic N) is 2. The lowest BCUT2D eigenvalue weighted by Crippen LogP contribution is -2.36. The zero-order valence-electron chi connectivity index (χ0n) is 12.3. The van der Waals surface area contributed by atoms with E-state index in [2.05, 4.69) is 39.8 Å². The van der Waals surface area contributed by atoms with E-state index >= 15 is 0 Å². The first-order valence-electron chi connectivity index (χ1n) is 6.71. The summed E-state index contributed by atoms with van der Waals surface area (Å²) in [6.45, 7) is 5.70. The Morgan fingerprint density at radius 3 is 2.67 bits per heavy atom. The third-order valence-electron chi connectivity index (χ3n) is 2.85. The van der Waals surface area contributed by atoms with Crippen LogP contribution >= 0.6 is 34.3 Å². The highest BCUT2D eigenvalue weighted by molar-refractivity contribution is 7.16. The van der Waals surface area contributed by atoms with Crippen LogP contribution in [0.25, 0.3) is 0 Å². The minimum absolute atomic E-state index is 0.469. The van der Waals surface area contributed by atoms with Crippen molar-refractivity contribution in [1.82, 2.24) is 15.6 Å². The standard InChI is InChI=1S/C14H19ClN4S2/c1-9(2)11-8-20-13(19-11)7-18-14(16-3)17-6-10-4-5-12(15)21-10/h4-5,8-9H,6-7H2,1-3H3,(H2,16,17,18). The van der Waals surface area contributed by atoms with Crippen LogP contribution in [0.4, 0.5) is 0 Å². The van der Waals surface area contributed by atoms with Crippen molar-refractivity contribution in [1.29, 1.82) is 0 Å². The van der Waals surface area contributed by atoms with Crippen LogP contribution in [-0.2, 0) is 13.1 Å². The topological polar surface area (TPSA) is 49.3 Å². The summed E-state index contributed by atoms with van der Waals surface area (Å²) >= 11 is 9.16. The van der Waals surface area contributed by atoms with Gasteiger partial charge in [0.15, 0.2) is 5.96 Å². The van der Waals surface area contributed by atoms with Crippen LogP contribution in [0.15, 0.2) is 22.5 Å². The van der Waals surface area contributed by atoms with Crippen LogP contribution in [0, 0.1) is 0 Å². The fraction of sp³-hybridized carbons (Fsp3) is 0.429. The number of aliphatic imine (C=N–C) groups is 1.